The first-order valence-corrected chi connectivity index (χ1v) is 11.7. The molecule has 1 aromatic heterocycles. The topological polar surface area (TPSA) is 70.1 Å². The minimum atomic E-state index is -1.01. The summed E-state index contributed by atoms with van der Waals surface area (Å²) in [4.78, 5) is 29.4. The van der Waals surface area contributed by atoms with Crippen LogP contribution in [-0.4, -0.2) is 60.1 Å². The standard InChI is InChI=1S/C25H28N2O4S/c1-26(24(28)15-21-14-19-7-2-3-10-23(19)32-21)22(16-27-11-4-5-12-27)18-8-6-9-20(13-18)31-17-25(29)30/h2-3,6-10,13-14,22H,4-5,11-12,15-17H2,1H3,(H,29,30). The fourth-order valence-electron chi connectivity index (χ4n) is 4.19. The number of benzene rings is 2. The lowest BCUT2D eigenvalue weighted by atomic mass is 10.0. The van der Waals surface area contributed by atoms with Gasteiger partial charge in [0.05, 0.1) is 12.5 Å². The number of carboxylic acids is 1. The molecule has 168 valence electrons. The largest absolute Gasteiger partial charge is 0.482 e. The number of likely N-dealkylation sites (N-methyl/N-ethyl adjacent to an activating group) is 1. The van der Waals surface area contributed by atoms with Gasteiger partial charge in [0.25, 0.3) is 0 Å². The molecule has 1 amide bonds. The minimum Gasteiger partial charge on any atom is -0.482 e. The third-order valence-corrected chi connectivity index (χ3v) is 7.01. The van der Waals surface area contributed by atoms with Crippen LogP contribution >= 0.6 is 11.3 Å². The summed E-state index contributed by atoms with van der Waals surface area (Å²) in [6.07, 6.45) is 2.71. The van der Waals surface area contributed by atoms with E-state index >= 15 is 0 Å². The number of fused-ring (bicyclic) bond motifs is 1. The highest BCUT2D eigenvalue weighted by Gasteiger charge is 2.26. The van der Waals surface area contributed by atoms with E-state index in [9.17, 15) is 9.59 Å². The average molecular weight is 453 g/mol. The summed E-state index contributed by atoms with van der Waals surface area (Å²) in [6, 6.07) is 17.6. The number of hydrogen-bond donors (Lipinski definition) is 1. The highest BCUT2D eigenvalue weighted by Crippen LogP contribution is 2.29. The van der Waals surface area contributed by atoms with Crippen molar-refractivity contribution >= 4 is 33.3 Å². The number of rotatable bonds is 9. The molecule has 0 spiro atoms. The van der Waals surface area contributed by atoms with Crippen LogP contribution in [-0.2, 0) is 16.0 Å². The first kappa shape index (κ1) is 22.3. The lowest BCUT2D eigenvalue weighted by Gasteiger charge is -2.32. The van der Waals surface area contributed by atoms with Crippen molar-refractivity contribution < 1.29 is 19.4 Å². The molecule has 3 aromatic rings. The van der Waals surface area contributed by atoms with Crippen LogP contribution in [0.3, 0.4) is 0 Å². The molecule has 0 aliphatic carbocycles. The maximum atomic E-state index is 13.3. The molecule has 1 atom stereocenters. The van der Waals surface area contributed by atoms with Gasteiger partial charge in [0.2, 0.25) is 5.91 Å². The number of ether oxygens (including phenoxy) is 1. The summed E-state index contributed by atoms with van der Waals surface area (Å²) in [6.45, 7) is 2.42. The van der Waals surface area contributed by atoms with E-state index in [1.807, 2.05) is 42.3 Å². The van der Waals surface area contributed by atoms with Crippen molar-refractivity contribution in [2.24, 2.45) is 0 Å². The highest BCUT2D eigenvalue weighted by atomic mass is 32.1. The van der Waals surface area contributed by atoms with Crippen molar-refractivity contribution in [1.29, 1.82) is 0 Å². The molecule has 1 aliphatic heterocycles. The lowest BCUT2D eigenvalue weighted by Crippen LogP contribution is -2.39. The van der Waals surface area contributed by atoms with Gasteiger partial charge in [-0.05, 0) is 61.1 Å². The number of likely N-dealkylation sites (tertiary alicyclic amines) is 1. The Bertz CT molecular complexity index is 1060. The van der Waals surface area contributed by atoms with Gasteiger partial charge in [0.1, 0.15) is 5.75 Å². The maximum absolute atomic E-state index is 13.3. The molecular formula is C25H28N2O4S. The second-order valence-electron chi connectivity index (χ2n) is 8.21. The molecule has 1 aliphatic rings. The zero-order valence-electron chi connectivity index (χ0n) is 18.2. The van der Waals surface area contributed by atoms with Crippen LogP contribution in [0.15, 0.2) is 54.6 Å². The molecule has 1 saturated heterocycles. The van der Waals surface area contributed by atoms with Gasteiger partial charge in [-0.25, -0.2) is 4.79 Å². The fourth-order valence-corrected chi connectivity index (χ4v) is 5.24. The number of carbonyl (C=O) groups is 2. The number of nitrogens with zero attached hydrogens (tertiary/aromatic N) is 2. The molecule has 6 nitrogen and oxygen atoms in total. The summed E-state index contributed by atoms with van der Waals surface area (Å²) < 4.78 is 6.57. The van der Waals surface area contributed by atoms with Crippen LogP contribution in [0.2, 0.25) is 0 Å². The fraction of sp³-hybridized carbons (Fsp3) is 0.360. The Morgan fingerprint density at radius 3 is 2.66 bits per heavy atom. The van der Waals surface area contributed by atoms with Crippen LogP contribution in [0.4, 0.5) is 0 Å². The number of thiophene rings is 1. The van der Waals surface area contributed by atoms with Crippen molar-refractivity contribution in [3.8, 4) is 5.75 Å². The van der Waals surface area contributed by atoms with Gasteiger partial charge in [0, 0.05) is 23.2 Å². The Morgan fingerprint density at radius 2 is 1.91 bits per heavy atom. The monoisotopic (exact) mass is 452 g/mol. The molecule has 2 aromatic carbocycles. The second kappa shape index (κ2) is 10.1. The molecule has 1 fully saturated rings. The van der Waals surface area contributed by atoms with Crippen molar-refractivity contribution in [2.75, 3.05) is 33.3 Å². The number of carbonyl (C=O) groups excluding carboxylic acids is 1. The number of amides is 1. The second-order valence-corrected chi connectivity index (χ2v) is 9.38. The van der Waals surface area contributed by atoms with Crippen LogP contribution in [0.5, 0.6) is 5.75 Å². The Balaban J connectivity index is 1.54. The Labute approximate surface area is 192 Å². The maximum Gasteiger partial charge on any atom is 0.341 e. The first-order valence-electron chi connectivity index (χ1n) is 10.9. The molecule has 0 saturated carbocycles. The smallest absolute Gasteiger partial charge is 0.341 e. The van der Waals surface area contributed by atoms with Crippen LogP contribution in [0, 0.1) is 0 Å². The molecule has 0 bridgehead atoms. The van der Waals surface area contributed by atoms with E-state index in [4.69, 9.17) is 9.84 Å². The number of carboxylic acid groups (broad SMARTS) is 1. The number of aliphatic carboxylic acids is 1. The van der Waals surface area contributed by atoms with E-state index in [1.54, 1.807) is 17.4 Å². The summed E-state index contributed by atoms with van der Waals surface area (Å²) in [5.74, 6) is -0.445. The SMILES string of the molecule is CN(C(=O)Cc1cc2ccccc2s1)C(CN1CCCC1)c1cccc(OCC(=O)O)c1. The normalized spacial score (nSPS) is 15.0. The van der Waals surface area contributed by atoms with E-state index in [0.717, 1.165) is 30.1 Å². The van der Waals surface area contributed by atoms with E-state index in [0.29, 0.717) is 12.2 Å². The average Bonchev–Trinajstić information content (AvgIpc) is 3.45. The molecule has 0 radical (unpaired) electrons. The van der Waals surface area contributed by atoms with E-state index in [1.165, 1.54) is 22.9 Å². The van der Waals surface area contributed by atoms with Crippen LogP contribution in [0.1, 0.15) is 29.3 Å². The van der Waals surface area contributed by atoms with Crippen LogP contribution in [0.25, 0.3) is 10.1 Å². The molecule has 7 heteroatoms. The van der Waals surface area contributed by atoms with Crippen molar-refractivity contribution in [3.63, 3.8) is 0 Å². The Morgan fingerprint density at radius 1 is 1.12 bits per heavy atom. The third kappa shape index (κ3) is 5.47. The van der Waals surface area contributed by atoms with Gasteiger partial charge in [0.15, 0.2) is 6.61 Å². The van der Waals surface area contributed by atoms with Gasteiger partial charge in [-0.2, -0.15) is 0 Å². The van der Waals surface area contributed by atoms with Gasteiger partial charge in [-0.3, -0.25) is 4.79 Å². The predicted molar refractivity (Wildman–Crippen MR) is 126 cm³/mol. The highest BCUT2D eigenvalue weighted by molar-refractivity contribution is 7.19. The molecule has 1 unspecified atom stereocenters. The predicted octanol–water partition coefficient (Wildman–Crippen LogP) is 4.20. The molecule has 1 N–H and O–H groups in total. The van der Waals surface area contributed by atoms with E-state index in [2.05, 4.69) is 23.1 Å². The first-order chi connectivity index (χ1) is 15.5. The van der Waals surface area contributed by atoms with E-state index < -0.39 is 5.97 Å². The third-order valence-electron chi connectivity index (χ3n) is 5.90. The number of hydrogen-bond acceptors (Lipinski definition) is 5. The van der Waals surface area contributed by atoms with Crippen molar-refractivity contribution in [3.05, 3.63) is 65.0 Å². The Hall–Kier alpha value is -2.90. The van der Waals surface area contributed by atoms with Crippen molar-refractivity contribution in [1.82, 2.24) is 9.80 Å². The summed E-state index contributed by atoms with van der Waals surface area (Å²) >= 11 is 1.66. The van der Waals surface area contributed by atoms with Gasteiger partial charge in [-0.15, -0.1) is 11.3 Å². The zero-order chi connectivity index (χ0) is 22.5. The molecule has 4 rings (SSSR count). The van der Waals surface area contributed by atoms with Crippen molar-refractivity contribution in [2.45, 2.75) is 25.3 Å². The Kier molecular flexibility index (Phi) is 7.07. The van der Waals surface area contributed by atoms with Crippen LogP contribution < -0.4 is 4.74 Å². The summed E-state index contributed by atoms with van der Waals surface area (Å²) in [5.41, 5.74) is 0.951. The lowest BCUT2D eigenvalue weighted by molar-refractivity contribution is -0.139. The van der Waals surface area contributed by atoms with Gasteiger partial charge in [-0.1, -0.05) is 30.3 Å². The molecule has 2 heterocycles. The van der Waals surface area contributed by atoms with E-state index in [-0.39, 0.29) is 18.6 Å². The molecular weight excluding hydrogens is 424 g/mol. The molecule has 32 heavy (non-hydrogen) atoms. The quantitative estimate of drug-likeness (QED) is 0.527. The minimum absolute atomic E-state index is 0.0672. The summed E-state index contributed by atoms with van der Waals surface area (Å²) in [5, 5.41) is 10.1. The zero-order valence-corrected chi connectivity index (χ0v) is 19.0. The van der Waals surface area contributed by atoms with Gasteiger partial charge >= 0.3 is 5.97 Å². The summed E-state index contributed by atoms with van der Waals surface area (Å²) in [7, 11) is 1.86. The van der Waals surface area contributed by atoms with Gasteiger partial charge < -0.3 is 19.6 Å².